The van der Waals surface area contributed by atoms with Crippen LogP contribution in [0.2, 0.25) is 0 Å². The topological polar surface area (TPSA) is 287 Å². The molecule has 4 rings (SSSR count). The molecule has 0 aliphatic heterocycles. The first-order valence-electron chi connectivity index (χ1n) is 11.0. The van der Waals surface area contributed by atoms with Crippen molar-refractivity contribution in [3.8, 4) is 5.75 Å². The summed E-state index contributed by atoms with van der Waals surface area (Å²) in [7, 11) is -19.3. The van der Waals surface area contributed by atoms with Crippen molar-refractivity contribution >= 4 is 192 Å². The van der Waals surface area contributed by atoms with E-state index in [0.29, 0.717) is 6.07 Å². The van der Waals surface area contributed by atoms with Crippen molar-refractivity contribution in [2.24, 2.45) is 20.5 Å². The molecule has 0 aliphatic rings. The predicted octanol–water partition coefficient (Wildman–Crippen LogP) is 1.77. The van der Waals surface area contributed by atoms with E-state index in [1.165, 1.54) is 18.2 Å². The summed E-state index contributed by atoms with van der Waals surface area (Å²) in [4.78, 5) is -3.05. The number of hydrogen-bond acceptors (Lipinski definition) is 13. The molecule has 5 N–H and O–H groups in total. The Morgan fingerprint density at radius 3 is 1.47 bits per heavy atom. The second-order valence-corrected chi connectivity index (χ2v) is 14.0. The molecule has 0 spiro atoms. The summed E-state index contributed by atoms with van der Waals surface area (Å²) >= 11 is 0. The Morgan fingerprint density at radius 1 is 0.468 bits per heavy atom. The number of fused-ring (bicyclic) bond motifs is 1. The van der Waals surface area contributed by atoms with E-state index in [2.05, 4.69) is 20.5 Å². The third-order valence-electron chi connectivity index (χ3n) is 5.49. The van der Waals surface area contributed by atoms with E-state index in [0.717, 1.165) is 42.5 Å². The van der Waals surface area contributed by atoms with Gasteiger partial charge in [0.05, 0.1) is 21.2 Å². The van der Waals surface area contributed by atoms with Crippen molar-refractivity contribution < 1.29 is 57.0 Å². The third-order valence-corrected chi connectivity index (χ3v) is 8.96. The fraction of sp³-hybridized carbons (Fsp3) is 0. The van der Waals surface area contributed by atoms with Crippen molar-refractivity contribution in [2.45, 2.75) is 19.6 Å². The maximum absolute atomic E-state index is 12.1. The van der Waals surface area contributed by atoms with Gasteiger partial charge in [-0.05, 0) is 66.0 Å². The van der Waals surface area contributed by atoms with Crippen LogP contribution in [-0.2, 0) is 40.5 Å². The quantitative estimate of drug-likeness (QED) is 0.0972. The Morgan fingerprint density at radius 2 is 0.957 bits per heavy atom. The van der Waals surface area contributed by atoms with E-state index in [1.54, 1.807) is 0 Å². The summed E-state index contributed by atoms with van der Waals surface area (Å²) < 4.78 is 131. The van der Waals surface area contributed by atoms with Crippen molar-refractivity contribution in [3.05, 3.63) is 66.7 Å². The first-order valence-corrected chi connectivity index (χ1v) is 16.8. The average molecular weight is 769 g/mol. The Hall–Kier alpha value is -0.220. The number of phenols is 1. The molecule has 0 bridgehead atoms. The minimum atomic E-state index is -5.12. The van der Waals surface area contributed by atoms with Gasteiger partial charge in [0, 0.05) is 5.39 Å². The molecule has 4 aromatic rings. The zero-order valence-electron chi connectivity index (χ0n) is 20.8. The van der Waals surface area contributed by atoms with Gasteiger partial charge in [0.15, 0.2) is 5.75 Å². The van der Waals surface area contributed by atoms with Gasteiger partial charge < -0.3 is 5.11 Å². The van der Waals surface area contributed by atoms with Gasteiger partial charge in [-0.15, -0.1) is 10.2 Å². The van der Waals surface area contributed by atoms with Crippen LogP contribution in [0.15, 0.2) is 107 Å². The molecule has 0 radical (unpaired) electrons. The van der Waals surface area contributed by atoms with Crippen LogP contribution in [0.1, 0.15) is 0 Å². The first-order chi connectivity index (χ1) is 19.7. The molecular weight excluding hydrogens is 748 g/mol. The zero-order valence-corrected chi connectivity index (χ0v) is 24.0. The van der Waals surface area contributed by atoms with Gasteiger partial charge in [-0.25, -0.2) is 0 Å². The minimum absolute atomic E-state index is 0. The average Bonchev–Trinajstić information content (AvgIpc) is 2.89. The second-order valence-electron chi connectivity index (χ2n) is 8.40. The summed E-state index contributed by atoms with van der Waals surface area (Å²) in [6.45, 7) is 0. The molecule has 0 saturated carbocycles. The van der Waals surface area contributed by atoms with E-state index in [-0.39, 0.29) is 140 Å². The molecule has 47 heavy (non-hydrogen) atoms. The van der Waals surface area contributed by atoms with Gasteiger partial charge in [-0.3, -0.25) is 18.2 Å². The molecule has 0 aliphatic carbocycles. The summed E-state index contributed by atoms with van der Waals surface area (Å²) in [6.07, 6.45) is 0. The molecule has 0 heterocycles. The standard InChI is InChI=1S/C22H16N4O13S4.4Na.4H/c27-22-20(43(37,38)39)10-12-9-16(41(31,32)33)6-7-17(12)21(22)26-25-18-8-3-14(11-19(18)42(34,35)36)24-23-13-1-4-15(5-2-13)40(28,29)30;;;;;;;;/h1-11,27H,(H,28,29,30)(H,31,32,33)(H,34,35,36)(H,37,38,39);;;;;;;;/b24-23+,26-25+;;;;;;;;. The van der Waals surface area contributed by atoms with Gasteiger partial charge >= 0.3 is 118 Å². The van der Waals surface area contributed by atoms with Crippen LogP contribution >= 0.6 is 0 Å². The fourth-order valence-corrected chi connectivity index (χ4v) is 5.80. The van der Waals surface area contributed by atoms with E-state index >= 15 is 0 Å². The number of phenolic OH excluding ortho intramolecular Hbond substituents is 1. The van der Waals surface area contributed by atoms with Gasteiger partial charge in [-0.1, -0.05) is 6.07 Å². The fourth-order valence-electron chi connectivity index (χ4n) is 3.55. The number of nitrogens with zero attached hydrogens (tertiary/aromatic N) is 4. The van der Waals surface area contributed by atoms with Crippen LogP contribution in [0, 0.1) is 0 Å². The normalized spacial score (nSPS) is 12.2. The molecule has 0 unspecified atom stereocenters. The summed E-state index contributed by atoms with van der Waals surface area (Å²) in [5, 5.41) is 25.1. The maximum atomic E-state index is 12.1. The van der Waals surface area contributed by atoms with Gasteiger partial charge in [0.25, 0.3) is 40.5 Å². The summed E-state index contributed by atoms with van der Waals surface area (Å²) in [5.41, 5.74) is -1.25. The van der Waals surface area contributed by atoms with Gasteiger partial charge in [0.1, 0.15) is 21.2 Å². The molecule has 234 valence electrons. The van der Waals surface area contributed by atoms with Crippen LogP contribution in [0.3, 0.4) is 0 Å². The Kier molecular flexibility index (Phi) is 17.7. The molecule has 0 saturated heterocycles. The van der Waals surface area contributed by atoms with Crippen molar-refractivity contribution in [2.75, 3.05) is 0 Å². The number of benzene rings is 4. The Balaban J connectivity index is 0.00000529. The molecule has 0 fully saturated rings. The van der Waals surface area contributed by atoms with Crippen LogP contribution in [-0.4, -0.2) is 175 Å². The van der Waals surface area contributed by atoms with Gasteiger partial charge in [-0.2, -0.15) is 43.9 Å². The first kappa shape index (κ1) is 46.8. The molecule has 0 aromatic heterocycles. The van der Waals surface area contributed by atoms with Crippen molar-refractivity contribution in [1.82, 2.24) is 0 Å². The molecule has 0 amide bonds. The van der Waals surface area contributed by atoms with Crippen molar-refractivity contribution in [1.29, 1.82) is 0 Å². The van der Waals surface area contributed by atoms with Crippen LogP contribution in [0.4, 0.5) is 22.7 Å². The molecule has 4 aromatic carbocycles. The predicted molar refractivity (Wildman–Crippen MR) is 175 cm³/mol. The second kappa shape index (κ2) is 17.8. The zero-order chi connectivity index (χ0) is 32.0. The molecule has 0 atom stereocenters. The monoisotopic (exact) mass is 768 g/mol. The van der Waals surface area contributed by atoms with Crippen molar-refractivity contribution in [3.63, 3.8) is 0 Å². The molecular formula is C22H20N4Na4O13S4. The van der Waals surface area contributed by atoms with Crippen LogP contribution in [0.5, 0.6) is 5.75 Å². The van der Waals surface area contributed by atoms with E-state index in [9.17, 15) is 52.4 Å². The summed E-state index contributed by atoms with van der Waals surface area (Å²) in [5.74, 6) is -1.14. The Labute approximate surface area is 356 Å². The molecule has 17 nitrogen and oxygen atoms in total. The Bertz CT molecular complexity index is 2310. The number of azo groups is 2. The third kappa shape index (κ3) is 11.9. The number of hydrogen-bond donors (Lipinski definition) is 5. The number of aromatic hydroxyl groups is 1. The van der Waals surface area contributed by atoms with Crippen LogP contribution in [0.25, 0.3) is 10.8 Å². The SMILES string of the molecule is O=S(=O)(O)c1ccc(/N=N/c2ccc(/N=N/c3c(O)c(S(=O)(=O)O)cc4cc(S(=O)(=O)O)ccc34)c(S(=O)(=O)O)c2)cc1.[NaH].[NaH].[NaH].[NaH]. The molecule has 25 heteroatoms. The van der Waals surface area contributed by atoms with Gasteiger partial charge in [0.2, 0.25) is 0 Å². The van der Waals surface area contributed by atoms with Crippen LogP contribution < -0.4 is 0 Å². The van der Waals surface area contributed by atoms with E-state index in [4.69, 9.17) is 4.55 Å². The van der Waals surface area contributed by atoms with E-state index < -0.39 is 77.2 Å². The summed E-state index contributed by atoms with van der Waals surface area (Å²) in [6, 6.07) is 10.9. The van der Waals surface area contributed by atoms with E-state index in [1.807, 2.05) is 0 Å². The number of rotatable bonds is 8.